The van der Waals surface area contributed by atoms with Gasteiger partial charge in [0.25, 0.3) is 0 Å². The van der Waals surface area contributed by atoms with Crippen molar-refractivity contribution >= 4 is 17.5 Å². The molecule has 1 aliphatic rings. The smallest absolute Gasteiger partial charge is 0.227 e. The second-order valence-electron chi connectivity index (χ2n) is 5.05. The van der Waals surface area contributed by atoms with Gasteiger partial charge in [0.05, 0.1) is 6.42 Å². The Kier molecular flexibility index (Phi) is 4.25. The van der Waals surface area contributed by atoms with Crippen LogP contribution in [0, 0.1) is 0 Å². The van der Waals surface area contributed by atoms with E-state index in [0.29, 0.717) is 17.5 Å². The standard InChI is InChI=1S/C14H19ClN2O/c1-16(2)13-7-8-17(10-13)14(18)9-11-3-5-12(15)6-4-11/h3-6,13H,7-10H2,1-2H3. The van der Waals surface area contributed by atoms with Gasteiger partial charge >= 0.3 is 0 Å². The molecule has 0 aliphatic carbocycles. The molecule has 0 spiro atoms. The van der Waals surface area contributed by atoms with Gasteiger partial charge in [0.15, 0.2) is 0 Å². The minimum atomic E-state index is 0.210. The van der Waals surface area contributed by atoms with Gasteiger partial charge in [0, 0.05) is 24.2 Å². The molecule has 98 valence electrons. The summed E-state index contributed by atoms with van der Waals surface area (Å²) in [4.78, 5) is 16.3. The number of likely N-dealkylation sites (N-methyl/N-ethyl adjacent to an activating group) is 1. The fraction of sp³-hybridized carbons (Fsp3) is 0.500. The molecule has 1 aliphatic heterocycles. The van der Waals surface area contributed by atoms with Crippen LogP contribution in [0.1, 0.15) is 12.0 Å². The SMILES string of the molecule is CN(C)C1CCN(C(=O)Cc2ccc(Cl)cc2)C1. The average Bonchev–Trinajstić information content (AvgIpc) is 2.81. The molecule has 1 aromatic rings. The topological polar surface area (TPSA) is 23.6 Å². The van der Waals surface area contributed by atoms with Crippen LogP contribution in [0.15, 0.2) is 24.3 Å². The predicted octanol–water partition coefficient (Wildman–Crippen LogP) is 2.04. The zero-order valence-corrected chi connectivity index (χ0v) is 11.7. The molecule has 0 radical (unpaired) electrons. The van der Waals surface area contributed by atoms with E-state index in [1.165, 1.54) is 0 Å². The van der Waals surface area contributed by atoms with Crippen LogP contribution in [0.4, 0.5) is 0 Å². The summed E-state index contributed by atoms with van der Waals surface area (Å²) in [6, 6.07) is 7.99. The summed E-state index contributed by atoms with van der Waals surface area (Å²) in [5, 5.41) is 0.708. The number of carbonyl (C=O) groups excluding carboxylic acids is 1. The number of carbonyl (C=O) groups is 1. The van der Waals surface area contributed by atoms with E-state index in [1.807, 2.05) is 29.2 Å². The Morgan fingerprint density at radius 1 is 1.39 bits per heavy atom. The maximum absolute atomic E-state index is 12.1. The highest BCUT2D eigenvalue weighted by atomic mass is 35.5. The van der Waals surface area contributed by atoms with Crippen molar-refractivity contribution in [3.05, 3.63) is 34.9 Å². The van der Waals surface area contributed by atoms with Crippen molar-refractivity contribution in [2.24, 2.45) is 0 Å². The van der Waals surface area contributed by atoms with E-state index in [4.69, 9.17) is 11.6 Å². The second-order valence-corrected chi connectivity index (χ2v) is 5.49. The Labute approximate surface area is 113 Å². The molecule has 1 amide bonds. The van der Waals surface area contributed by atoms with Crippen LogP contribution in [0.5, 0.6) is 0 Å². The molecule has 18 heavy (non-hydrogen) atoms. The molecule has 0 saturated carbocycles. The average molecular weight is 267 g/mol. The lowest BCUT2D eigenvalue weighted by atomic mass is 10.1. The number of benzene rings is 1. The van der Waals surface area contributed by atoms with Gasteiger partial charge in [-0.25, -0.2) is 0 Å². The summed E-state index contributed by atoms with van der Waals surface area (Å²) in [6.45, 7) is 1.72. The zero-order valence-electron chi connectivity index (χ0n) is 10.9. The highest BCUT2D eigenvalue weighted by Gasteiger charge is 2.27. The highest BCUT2D eigenvalue weighted by Crippen LogP contribution is 2.16. The van der Waals surface area contributed by atoms with E-state index >= 15 is 0 Å². The summed E-state index contributed by atoms with van der Waals surface area (Å²) in [7, 11) is 4.13. The summed E-state index contributed by atoms with van der Waals surface area (Å²) in [5.41, 5.74) is 1.03. The first-order valence-electron chi connectivity index (χ1n) is 6.25. The normalized spacial score (nSPS) is 19.6. The number of amides is 1. The van der Waals surface area contributed by atoms with Gasteiger partial charge in [-0.3, -0.25) is 4.79 Å². The maximum atomic E-state index is 12.1. The van der Waals surface area contributed by atoms with Crippen molar-refractivity contribution in [2.75, 3.05) is 27.2 Å². The number of hydrogen-bond donors (Lipinski definition) is 0. The first-order chi connectivity index (χ1) is 8.56. The third kappa shape index (κ3) is 3.24. The summed E-state index contributed by atoms with van der Waals surface area (Å²) < 4.78 is 0. The molecule has 0 N–H and O–H groups in total. The molecular weight excluding hydrogens is 248 g/mol. The fourth-order valence-corrected chi connectivity index (χ4v) is 2.40. The molecular formula is C14H19ClN2O. The van der Waals surface area contributed by atoms with Crippen LogP contribution in [0.25, 0.3) is 0 Å². The Morgan fingerprint density at radius 3 is 2.61 bits per heavy atom. The molecule has 3 nitrogen and oxygen atoms in total. The zero-order chi connectivity index (χ0) is 13.1. The number of nitrogens with zero attached hydrogens (tertiary/aromatic N) is 2. The Hall–Kier alpha value is -1.06. The molecule has 4 heteroatoms. The lowest BCUT2D eigenvalue weighted by Gasteiger charge is -2.20. The van der Waals surface area contributed by atoms with E-state index in [-0.39, 0.29) is 5.91 Å². The van der Waals surface area contributed by atoms with Crippen molar-refractivity contribution in [3.63, 3.8) is 0 Å². The van der Waals surface area contributed by atoms with Crippen LogP contribution in [-0.2, 0) is 11.2 Å². The first-order valence-corrected chi connectivity index (χ1v) is 6.62. The van der Waals surface area contributed by atoms with Crippen molar-refractivity contribution in [3.8, 4) is 0 Å². The Bertz CT molecular complexity index is 416. The molecule has 0 aromatic heterocycles. The Morgan fingerprint density at radius 2 is 2.06 bits per heavy atom. The molecule has 1 aromatic carbocycles. The van der Waals surface area contributed by atoms with Crippen molar-refractivity contribution < 1.29 is 4.79 Å². The van der Waals surface area contributed by atoms with Crippen LogP contribution in [0.3, 0.4) is 0 Å². The first kappa shape index (κ1) is 13.4. The van der Waals surface area contributed by atoms with Gasteiger partial charge in [0.2, 0.25) is 5.91 Å². The monoisotopic (exact) mass is 266 g/mol. The number of likely N-dealkylation sites (tertiary alicyclic amines) is 1. The van der Waals surface area contributed by atoms with Crippen molar-refractivity contribution in [1.29, 1.82) is 0 Å². The fourth-order valence-electron chi connectivity index (χ4n) is 2.28. The summed E-state index contributed by atoms with van der Waals surface area (Å²) >= 11 is 5.83. The van der Waals surface area contributed by atoms with Gasteiger partial charge in [-0.15, -0.1) is 0 Å². The minimum absolute atomic E-state index is 0.210. The van der Waals surface area contributed by atoms with Crippen molar-refractivity contribution in [1.82, 2.24) is 9.80 Å². The lowest BCUT2D eigenvalue weighted by Crippen LogP contribution is -2.35. The van der Waals surface area contributed by atoms with E-state index in [2.05, 4.69) is 19.0 Å². The molecule has 1 heterocycles. The second kappa shape index (κ2) is 5.72. The quantitative estimate of drug-likeness (QED) is 0.836. The molecule has 1 atom stereocenters. The van der Waals surface area contributed by atoms with Gasteiger partial charge in [-0.2, -0.15) is 0 Å². The molecule has 2 rings (SSSR count). The van der Waals surface area contributed by atoms with Crippen LogP contribution in [-0.4, -0.2) is 48.9 Å². The third-order valence-corrected chi connectivity index (χ3v) is 3.77. The predicted molar refractivity (Wildman–Crippen MR) is 73.8 cm³/mol. The molecule has 1 unspecified atom stereocenters. The van der Waals surface area contributed by atoms with Gasteiger partial charge in [0.1, 0.15) is 0 Å². The summed E-state index contributed by atoms with van der Waals surface area (Å²) in [6.07, 6.45) is 1.54. The molecule has 0 bridgehead atoms. The van der Waals surface area contributed by atoms with E-state index in [1.54, 1.807) is 0 Å². The number of rotatable bonds is 3. The van der Waals surface area contributed by atoms with E-state index < -0.39 is 0 Å². The van der Waals surface area contributed by atoms with Crippen LogP contribution >= 0.6 is 11.6 Å². The lowest BCUT2D eigenvalue weighted by molar-refractivity contribution is -0.129. The van der Waals surface area contributed by atoms with Crippen LogP contribution < -0.4 is 0 Å². The van der Waals surface area contributed by atoms with Gasteiger partial charge < -0.3 is 9.80 Å². The van der Waals surface area contributed by atoms with E-state index in [0.717, 1.165) is 25.1 Å². The third-order valence-electron chi connectivity index (χ3n) is 3.51. The Balaban J connectivity index is 1.91. The van der Waals surface area contributed by atoms with Crippen molar-refractivity contribution in [2.45, 2.75) is 18.9 Å². The minimum Gasteiger partial charge on any atom is -0.341 e. The van der Waals surface area contributed by atoms with E-state index in [9.17, 15) is 4.79 Å². The highest BCUT2D eigenvalue weighted by molar-refractivity contribution is 6.30. The summed E-state index contributed by atoms with van der Waals surface area (Å²) in [5.74, 6) is 0.210. The van der Waals surface area contributed by atoms with Crippen LogP contribution in [0.2, 0.25) is 5.02 Å². The van der Waals surface area contributed by atoms with Gasteiger partial charge in [-0.1, -0.05) is 23.7 Å². The number of hydrogen-bond acceptors (Lipinski definition) is 2. The molecule has 1 saturated heterocycles. The molecule has 1 fully saturated rings. The largest absolute Gasteiger partial charge is 0.341 e. The maximum Gasteiger partial charge on any atom is 0.227 e. The van der Waals surface area contributed by atoms with Gasteiger partial charge in [-0.05, 0) is 38.2 Å². The number of halogens is 1.